The van der Waals surface area contributed by atoms with E-state index in [2.05, 4.69) is 0 Å². The van der Waals surface area contributed by atoms with E-state index in [1.165, 1.54) is 6.07 Å². The number of rotatable bonds is 5. The second-order valence-corrected chi connectivity index (χ2v) is 7.55. The summed E-state index contributed by atoms with van der Waals surface area (Å²) < 4.78 is 16.0. The Morgan fingerprint density at radius 3 is 2.62 bits per heavy atom. The van der Waals surface area contributed by atoms with Gasteiger partial charge in [-0.05, 0) is 31.9 Å². The molecule has 0 unspecified atom stereocenters. The minimum atomic E-state index is -0.954. The molecular formula is C23H20FNO4. The van der Waals surface area contributed by atoms with Gasteiger partial charge in [-0.3, -0.25) is 14.4 Å². The maximum Gasteiger partial charge on any atom is 0.304 e. The number of aldehydes is 1. The van der Waals surface area contributed by atoms with E-state index in [1.807, 2.05) is 23.6 Å². The van der Waals surface area contributed by atoms with E-state index in [4.69, 9.17) is 0 Å². The molecule has 0 aliphatic carbocycles. The molecule has 5 nitrogen and oxygen atoms in total. The summed E-state index contributed by atoms with van der Waals surface area (Å²) in [7, 11) is 0. The van der Waals surface area contributed by atoms with Gasteiger partial charge in [-0.25, -0.2) is 4.39 Å². The van der Waals surface area contributed by atoms with E-state index in [-0.39, 0.29) is 23.7 Å². The average molecular weight is 393 g/mol. The summed E-state index contributed by atoms with van der Waals surface area (Å²) in [5.74, 6) is -2.17. The van der Waals surface area contributed by atoms with Gasteiger partial charge in [0.05, 0.1) is 17.5 Å². The Balaban J connectivity index is 2.05. The second kappa shape index (κ2) is 7.28. The maximum absolute atomic E-state index is 14.2. The fraction of sp³-hybridized carbons (Fsp3) is 0.261. The molecule has 0 saturated carbocycles. The Morgan fingerprint density at radius 2 is 1.97 bits per heavy atom. The quantitative estimate of drug-likeness (QED) is 0.512. The summed E-state index contributed by atoms with van der Waals surface area (Å²) in [4.78, 5) is 36.7. The zero-order valence-corrected chi connectivity index (χ0v) is 15.9. The fourth-order valence-electron chi connectivity index (χ4n) is 4.37. The standard InChI is InChI=1S/C23H20FNO4/c1-13-4-6-14(7-5-13)23(29)21-20-16(12-26)9-17(24)11-18(20)25-8-2-3-15(22(21)25)10-19(27)28/h4-7,9,11-12,15H,2-3,8,10H2,1H3,(H,27,28)/t15-/m1/s1. The van der Waals surface area contributed by atoms with Gasteiger partial charge < -0.3 is 9.67 Å². The third-order valence-electron chi connectivity index (χ3n) is 5.61. The normalized spacial score (nSPS) is 15.9. The van der Waals surface area contributed by atoms with Crippen LogP contribution in [0.15, 0.2) is 36.4 Å². The molecule has 0 spiro atoms. The monoisotopic (exact) mass is 393 g/mol. The molecule has 1 atom stereocenters. The summed E-state index contributed by atoms with van der Waals surface area (Å²) in [6.07, 6.45) is 1.77. The average Bonchev–Trinajstić information content (AvgIpc) is 3.02. The molecule has 29 heavy (non-hydrogen) atoms. The molecule has 0 bridgehead atoms. The molecule has 0 amide bonds. The van der Waals surface area contributed by atoms with Crippen LogP contribution in [0.5, 0.6) is 0 Å². The highest BCUT2D eigenvalue weighted by atomic mass is 19.1. The highest BCUT2D eigenvalue weighted by molar-refractivity contribution is 6.20. The summed E-state index contributed by atoms with van der Waals surface area (Å²) in [6.45, 7) is 2.46. The van der Waals surface area contributed by atoms with Gasteiger partial charge in [-0.1, -0.05) is 29.8 Å². The molecule has 0 fully saturated rings. The third kappa shape index (κ3) is 3.24. The number of carbonyl (C=O) groups excluding carboxylic acids is 2. The first-order valence-corrected chi connectivity index (χ1v) is 9.54. The number of carboxylic acids is 1. The Kier molecular flexibility index (Phi) is 4.78. The number of aromatic nitrogens is 1. The first-order valence-electron chi connectivity index (χ1n) is 9.54. The summed E-state index contributed by atoms with van der Waals surface area (Å²) in [6, 6.07) is 9.53. The fourth-order valence-corrected chi connectivity index (χ4v) is 4.37. The largest absolute Gasteiger partial charge is 0.481 e. The number of nitrogens with zero attached hydrogens (tertiary/aromatic N) is 1. The van der Waals surface area contributed by atoms with Gasteiger partial charge >= 0.3 is 5.97 Å². The van der Waals surface area contributed by atoms with E-state index < -0.39 is 11.8 Å². The van der Waals surface area contributed by atoms with E-state index >= 15 is 0 Å². The van der Waals surface area contributed by atoms with Crippen LogP contribution in [0.3, 0.4) is 0 Å². The van der Waals surface area contributed by atoms with E-state index in [0.29, 0.717) is 47.0 Å². The lowest BCUT2D eigenvalue weighted by molar-refractivity contribution is -0.137. The van der Waals surface area contributed by atoms with E-state index in [0.717, 1.165) is 18.1 Å². The molecule has 6 heteroatoms. The van der Waals surface area contributed by atoms with Crippen LogP contribution >= 0.6 is 0 Å². The van der Waals surface area contributed by atoms with Crippen molar-refractivity contribution in [2.24, 2.45) is 0 Å². The van der Waals surface area contributed by atoms with Crippen molar-refractivity contribution in [2.75, 3.05) is 0 Å². The number of benzene rings is 2. The van der Waals surface area contributed by atoms with Crippen LogP contribution in [-0.2, 0) is 11.3 Å². The first kappa shape index (κ1) is 19.1. The zero-order chi connectivity index (χ0) is 20.7. The van der Waals surface area contributed by atoms with Crippen molar-refractivity contribution in [2.45, 2.75) is 38.6 Å². The zero-order valence-electron chi connectivity index (χ0n) is 15.9. The highest BCUT2D eigenvalue weighted by Gasteiger charge is 2.33. The molecule has 1 aliphatic rings. The predicted molar refractivity (Wildman–Crippen MR) is 106 cm³/mol. The molecule has 1 N–H and O–H groups in total. The smallest absolute Gasteiger partial charge is 0.304 e. The van der Waals surface area contributed by atoms with Gasteiger partial charge in [0.15, 0.2) is 12.1 Å². The molecular weight excluding hydrogens is 373 g/mol. The van der Waals surface area contributed by atoms with Crippen molar-refractivity contribution in [1.82, 2.24) is 4.57 Å². The number of aryl methyl sites for hydroxylation is 2. The number of aliphatic carboxylic acids is 1. The van der Waals surface area contributed by atoms with Crippen molar-refractivity contribution in [3.05, 3.63) is 70.2 Å². The van der Waals surface area contributed by atoms with Crippen molar-refractivity contribution in [3.63, 3.8) is 0 Å². The molecule has 1 aromatic heterocycles. The van der Waals surface area contributed by atoms with Crippen LogP contribution < -0.4 is 0 Å². The summed E-state index contributed by atoms with van der Waals surface area (Å²) in [5.41, 5.74) is 2.93. The molecule has 2 heterocycles. The molecule has 4 rings (SSSR count). The molecule has 2 aromatic carbocycles. The van der Waals surface area contributed by atoms with Gasteiger partial charge in [0, 0.05) is 34.7 Å². The topological polar surface area (TPSA) is 76.4 Å². The summed E-state index contributed by atoms with van der Waals surface area (Å²) >= 11 is 0. The Bertz CT molecular complexity index is 1140. The Hall–Kier alpha value is -3.28. The van der Waals surface area contributed by atoms with Crippen LogP contribution in [0.25, 0.3) is 10.9 Å². The van der Waals surface area contributed by atoms with Crippen molar-refractivity contribution in [3.8, 4) is 0 Å². The molecule has 148 valence electrons. The van der Waals surface area contributed by atoms with Gasteiger partial charge in [-0.2, -0.15) is 0 Å². The maximum atomic E-state index is 14.2. The lowest BCUT2D eigenvalue weighted by atomic mass is 9.87. The Morgan fingerprint density at radius 1 is 1.24 bits per heavy atom. The van der Waals surface area contributed by atoms with Crippen molar-refractivity contribution < 1.29 is 23.9 Å². The van der Waals surface area contributed by atoms with Gasteiger partial charge in [-0.15, -0.1) is 0 Å². The molecule has 1 aliphatic heterocycles. The summed E-state index contributed by atoms with van der Waals surface area (Å²) in [5, 5.41) is 9.78. The van der Waals surface area contributed by atoms with Crippen LogP contribution in [0.2, 0.25) is 0 Å². The van der Waals surface area contributed by atoms with Gasteiger partial charge in [0.25, 0.3) is 0 Å². The predicted octanol–water partition coefficient (Wildman–Crippen LogP) is 4.48. The number of ketones is 1. The van der Waals surface area contributed by atoms with Crippen molar-refractivity contribution in [1.29, 1.82) is 0 Å². The number of carbonyl (C=O) groups is 3. The third-order valence-corrected chi connectivity index (χ3v) is 5.61. The highest BCUT2D eigenvalue weighted by Crippen LogP contribution is 2.41. The lowest BCUT2D eigenvalue weighted by Gasteiger charge is -2.25. The van der Waals surface area contributed by atoms with Crippen LogP contribution in [-0.4, -0.2) is 27.7 Å². The lowest BCUT2D eigenvalue weighted by Crippen LogP contribution is -2.20. The first-order chi connectivity index (χ1) is 13.9. The molecule has 3 aromatic rings. The van der Waals surface area contributed by atoms with E-state index in [9.17, 15) is 23.9 Å². The van der Waals surface area contributed by atoms with E-state index in [1.54, 1.807) is 12.1 Å². The van der Waals surface area contributed by atoms with Gasteiger partial charge in [0.1, 0.15) is 5.82 Å². The minimum absolute atomic E-state index is 0.103. The second-order valence-electron chi connectivity index (χ2n) is 7.55. The number of hydrogen-bond donors (Lipinski definition) is 1. The Labute approximate surface area is 166 Å². The number of hydrogen-bond acceptors (Lipinski definition) is 3. The van der Waals surface area contributed by atoms with Crippen LogP contribution in [0.1, 0.15) is 62.7 Å². The molecule has 0 radical (unpaired) electrons. The number of fused-ring (bicyclic) bond motifs is 3. The van der Waals surface area contributed by atoms with Crippen LogP contribution in [0.4, 0.5) is 4.39 Å². The molecule has 0 saturated heterocycles. The SMILES string of the molecule is Cc1ccc(C(=O)c2c3n(c4cc(F)cc(C=O)c24)CCC[C@@H]3CC(=O)O)cc1. The van der Waals surface area contributed by atoms with Crippen LogP contribution in [0, 0.1) is 12.7 Å². The van der Waals surface area contributed by atoms with Gasteiger partial charge in [0.2, 0.25) is 0 Å². The minimum Gasteiger partial charge on any atom is -0.481 e. The number of halogens is 1. The number of carboxylic acid groups (broad SMARTS) is 1. The van der Waals surface area contributed by atoms with Crippen molar-refractivity contribution >= 4 is 28.9 Å².